The Kier molecular flexibility index (Phi) is 6.96. The Labute approximate surface area is 196 Å². The van der Waals surface area contributed by atoms with Gasteiger partial charge in [0, 0.05) is 57.4 Å². The van der Waals surface area contributed by atoms with Crippen molar-refractivity contribution < 1.29 is 4.79 Å². The lowest BCUT2D eigenvalue weighted by Gasteiger charge is -2.29. The van der Waals surface area contributed by atoms with Crippen LogP contribution in [0.25, 0.3) is 10.9 Å². The number of para-hydroxylation sites is 1. The number of hydrogen-bond acceptors (Lipinski definition) is 6. The third kappa shape index (κ3) is 5.53. The fourth-order valence-electron chi connectivity index (χ4n) is 4.42. The van der Waals surface area contributed by atoms with Crippen molar-refractivity contribution in [3.05, 3.63) is 54.1 Å². The van der Waals surface area contributed by atoms with Crippen LogP contribution in [0.15, 0.2) is 48.5 Å². The Bertz CT molecular complexity index is 1100. The zero-order valence-corrected chi connectivity index (χ0v) is 20.0. The van der Waals surface area contributed by atoms with Crippen LogP contribution in [0.1, 0.15) is 36.0 Å². The molecule has 0 spiro atoms. The van der Waals surface area contributed by atoms with E-state index >= 15 is 0 Å². The molecule has 1 amide bonds. The van der Waals surface area contributed by atoms with E-state index in [1.54, 1.807) is 0 Å². The summed E-state index contributed by atoms with van der Waals surface area (Å²) in [5, 5.41) is 7.74. The summed E-state index contributed by atoms with van der Waals surface area (Å²) in [6.45, 7) is 0.844. The van der Waals surface area contributed by atoms with E-state index < -0.39 is 0 Å². The Balaban J connectivity index is 1.30. The van der Waals surface area contributed by atoms with E-state index in [9.17, 15) is 4.79 Å². The Morgan fingerprint density at radius 3 is 2.42 bits per heavy atom. The normalized spacial score (nSPS) is 18.1. The number of carbonyl (C=O) groups excluding carboxylic acids is 1. The molecule has 1 fully saturated rings. The minimum atomic E-state index is 0.0149. The van der Waals surface area contributed by atoms with Crippen molar-refractivity contribution in [2.45, 2.75) is 31.7 Å². The van der Waals surface area contributed by atoms with Crippen LogP contribution in [0.5, 0.6) is 0 Å². The van der Waals surface area contributed by atoms with E-state index in [1.807, 2.05) is 80.5 Å². The van der Waals surface area contributed by atoms with E-state index in [0.29, 0.717) is 11.9 Å². The maximum Gasteiger partial charge on any atom is 0.251 e. The average Bonchev–Trinajstić information content (AvgIpc) is 2.83. The largest absolute Gasteiger partial charge is 0.378 e. The summed E-state index contributed by atoms with van der Waals surface area (Å²) in [7, 11) is 7.98. The zero-order chi connectivity index (χ0) is 23.4. The number of fused-ring (bicyclic) bond motifs is 1. The summed E-state index contributed by atoms with van der Waals surface area (Å²) < 4.78 is 0. The smallest absolute Gasteiger partial charge is 0.251 e. The molecule has 7 nitrogen and oxygen atoms in total. The van der Waals surface area contributed by atoms with Crippen molar-refractivity contribution in [3.8, 4) is 0 Å². The molecule has 174 valence electrons. The van der Waals surface area contributed by atoms with Gasteiger partial charge in [-0.3, -0.25) is 4.79 Å². The van der Waals surface area contributed by atoms with Crippen molar-refractivity contribution in [1.82, 2.24) is 15.3 Å². The Hall–Kier alpha value is -3.35. The number of benzene rings is 2. The maximum absolute atomic E-state index is 12.7. The summed E-state index contributed by atoms with van der Waals surface area (Å²) in [4.78, 5) is 26.2. The van der Waals surface area contributed by atoms with Gasteiger partial charge < -0.3 is 20.4 Å². The van der Waals surface area contributed by atoms with E-state index in [0.717, 1.165) is 60.2 Å². The molecular formula is C26H34N6O. The molecule has 0 radical (unpaired) electrons. The topological polar surface area (TPSA) is 73.4 Å². The first-order valence-corrected chi connectivity index (χ1v) is 11.7. The number of hydrogen-bond donors (Lipinski definition) is 2. The molecule has 0 unspecified atom stereocenters. The number of nitrogens with zero attached hydrogens (tertiary/aromatic N) is 4. The summed E-state index contributed by atoms with van der Waals surface area (Å²) in [6, 6.07) is 16.1. The van der Waals surface area contributed by atoms with Crippen molar-refractivity contribution in [2.75, 3.05) is 49.9 Å². The second-order valence-corrected chi connectivity index (χ2v) is 9.30. The van der Waals surface area contributed by atoms with Crippen molar-refractivity contribution in [1.29, 1.82) is 0 Å². The highest BCUT2D eigenvalue weighted by Gasteiger charge is 2.23. The second-order valence-electron chi connectivity index (χ2n) is 9.30. The third-order valence-corrected chi connectivity index (χ3v) is 6.36. The van der Waals surface area contributed by atoms with Gasteiger partial charge in [-0.05, 0) is 61.9 Å². The standard InChI is InChI=1S/C26H34N6O/c1-31(2)21-9-7-8-19(16-21)25(33)28-20-14-12-18(13-15-20)17-27-26-29-23-11-6-5-10-22(23)24(30-26)32(3)4/h5-11,16,18,20H,12-15,17H2,1-4H3,(H,28,33)(H,27,29,30). The van der Waals surface area contributed by atoms with Gasteiger partial charge in [-0.1, -0.05) is 18.2 Å². The van der Waals surface area contributed by atoms with Gasteiger partial charge in [0.1, 0.15) is 5.82 Å². The van der Waals surface area contributed by atoms with Gasteiger partial charge >= 0.3 is 0 Å². The molecule has 2 N–H and O–H groups in total. The first-order chi connectivity index (χ1) is 15.9. The van der Waals surface area contributed by atoms with E-state index in [2.05, 4.69) is 16.7 Å². The van der Waals surface area contributed by atoms with Crippen molar-refractivity contribution >= 4 is 34.3 Å². The van der Waals surface area contributed by atoms with E-state index in [4.69, 9.17) is 9.97 Å². The number of rotatable bonds is 7. The van der Waals surface area contributed by atoms with Crippen LogP contribution in [0.2, 0.25) is 0 Å². The van der Waals surface area contributed by atoms with Gasteiger partial charge in [0.05, 0.1) is 5.52 Å². The minimum absolute atomic E-state index is 0.0149. The molecule has 1 heterocycles. The molecule has 2 aromatic carbocycles. The fourth-order valence-corrected chi connectivity index (χ4v) is 4.42. The number of aromatic nitrogens is 2. The Morgan fingerprint density at radius 2 is 1.70 bits per heavy atom. The van der Waals surface area contributed by atoms with Gasteiger partial charge in [-0.2, -0.15) is 4.98 Å². The van der Waals surface area contributed by atoms with Crippen LogP contribution in [0.3, 0.4) is 0 Å². The molecule has 1 saturated carbocycles. The molecule has 7 heteroatoms. The molecule has 0 bridgehead atoms. The average molecular weight is 447 g/mol. The molecule has 4 rings (SSSR count). The Morgan fingerprint density at radius 1 is 0.939 bits per heavy atom. The van der Waals surface area contributed by atoms with Gasteiger partial charge in [-0.25, -0.2) is 4.98 Å². The van der Waals surface area contributed by atoms with Gasteiger partial charge in [0.15, 0.2) is 0 Å². The molecule has 1 aromatic heterocycles. The quantitative estimate of drug-likeness (QED) is 0.568. The van der Waals surface area contributed by atoms with Crippen LogP contribution in [0, 0.1) is 5.92 Å². The number of nitrogens with one attached hydrogen (secondary N) is 2. The maximum atomic E-state index is 12.7. The van der Waals surface area contributed by atoms with E-state index in [-0.39, 0.29) is 11.9 Å². The summed E-state index contributed by atoms with van der Waals surface area (Å²) >= 11 is 0. The lowest BCUT2D eigenvalue weighted by molar-refractivity contribution is 0.0922. The minimum Gasteiger partial charge on any atom is -0.378 e. The number of anilines is 3. The highest BCUT2D eigenvalue weighted by atomic mass is 16.1. The SMILES string of the molecule is CN(C)c1cccc(C(=O)NC2CCC(CNc3nc(N(C)C)c4ccccc4n3)CC2)c1. The highest BCUT2D eigenvalue weighted by molar-refractivity contribution is 5.95. The molecule has 0 atom stereocenters. The van der Waals surface area contributed by atoms with Crippen LogP contribution in [-0.4, -0.2) is 56.7 Å². The van der Waals surface area contributed by atoms with E-state index in [1.165, 1.54) is 0 Å². The lowest BCUT2D eigenvalue weighted by atomic mass is 9.86. The fraction of sp³-hybridized carbons (Fsp3) is 0.423. The van der Waals surface area contributed by atoms with Gasteiger partial charge in [-0.15, -0.1) is 0 Å². The summed E-state index contributed by atoms with van der Waals surface area (Å²) in [5.41, 5.74) is 2.70. The summed E-state index contributed by atoms with van der Waals surface area (Å²) in [6.07, 6.45) is 4.13. The van der Waals surface area contributed by atoms with Crippen LogP contribution in [0.4, 0.5) is 17.5 Å². The second kappa shape index (κ2) is 10.1. The van der Waals surface area contributed by atoms with Gasteiger partial charge in [0.25, 0.3) is 5.91 Å². The monoisotopic (exact) mass is 446 g/mol. The predicted octanol–water partition coefficient (Wildman–Crippen LogP) is 4.16. The van der Waals surface area contributed by atoms with Crippen molar-refractivity contribution in [2.24, 2.45) is 5.92 Å². The molecular weight excluding hydrogens is 412 g/mol. The molecule has 3 aromatic rings. The third-order valence-electron chi connectivity index (χ3n) is 6.36. The number of carbonyl (C=O) groups is 1. The van der Waals surface area contributed by atoms with Crippen LogP contribution in [-0.2, 0) is 0 Å². The van der Waals surface area contributed by atoms with Crippen LogP contribution >= 0.6 is 0 Å². The van der Waals surface area contributed by atoms with Gasteiger partial charge in [0.2, 0.25) is 5.95 Å². The predicted molar refractivity (Wildman–Crippen MR) is 136 cm³/mol. The molecule has 33 heavy (non-hydrogen) atoms. The first kappa shape index (κ1) is 22.8. The molecule has 1 aliphatic carbocycles. The molecule has 0 saturated heterocycles. The molecule has 0 aliphatic heterocycles. The lowest BCUT2D eigenvalue weighted by Crippen LogP contribution is -2.38. The highest BCUT2D eigenvalue weighted by Crippen LogP contribution is 2.27. The summed E-state index contributed by atoms with van der Waals surface area (Å²) in [5.74, 6) is 2.16. The molecule has 1 aliphatic rings. The van der Waals surface area contributed by atoms with Crippen LogP contribution < -0.4 is 20.4 Å². The first-order valence-electron chi connectivity index (χ1n) is 11.7. The zero-order valence-electron chi connectivity index (χ0n) is 20.0. The van der Waals surface area contributed by atoms with Crippen molar-refractivity contribution in [3.63, 3.8) is 0 Å². The number of amides is 1.